The van der Waals surface area contributed by atoms with Crippen molar-refractivity contribution in [2.45, 2.75) is 135 Å². The average molecular weight is 1990 g/mol. The maximum atomic E-state index is 14.0. The van der Waals surface area contributed by atoms with Crippen molar-refractivity contribution < 1.29 is 52.1 Å². The van der Waals surface area contributed by atoms with Crippen LogP contribution in [0.4, 0.5) is 26.2 Å². The van der Waals surface area contributed by atoms with Crippen molar-refractivity contribution in [1.82, 2.24) is 104 Å². The molecule has 3 aliphatic carbocycles. The number of anilines is 3. The third-order valence-electron chi connectivity index (χ3n) is 32.1. The number of amides is 6. The van der Waals surface area contributed by atoms with E-state index in [-0.39, 0.29) is 66.0 Å². The number of carbonyl (C=O) groups excluding carboxylic acids is 6. The van der Waals surface area contributed by atoms with Crippen molar-refractivity contribution >= 4 is 81.2 Å². The highest BCUT2D eigenvalue weighted by molar-refractivity contribution is 6.16. The molecule has 3 saturated carbocycles. The van der Waals surface area contributed by atoms with Gasteiger partial charge in [-0.2, -0.15) is 24.1 Å². The molecule has 26 rings (SSSR count). The molecule has 9 aromatic heterocycles. The Hall–Kier alpha value is -14.9. The summed E-state index contributed by atoms with van der Waals surface area (Å²) in [7, 11) is 5.63. The molecule has 6 saturated heterocycles. The molecule has 0 unspecified atom stereocenters. The quantitative estimate of drug-likeness (QED) is 0.0581. The van der Waals surface area contributed by atoms with Gasteiger partial charge in [0.15, 0.2) is 17.5 Å². The number of rotatable bonds is 23. The van der Waals surface area contributed by atoms with Crippen molar-refractivity contribution in [2.75, 3.05) is 133 Å². The zero-order valence-electron chi connectivity index (χ0n) is 83.0. The van der Waals surface area contributed by atoms with E-state index in [2.05, 4.69) is 112 Å². The summed E-state index contributed by atoms with van der Waals surface area (Å²) in [6.07, 6.45) is 27.1. The van der Waals surface area contributed by atoms with Gasteiger partial charge in [0.1, 0.15) is 36.4 Å². The molecule has 21 heterocycles. The number of aliphatic hydroxyl groups excluding tert-OH is 1. The number of ether oxygens (including phenoxy) is 2. The number of aromatic nitrogens is 15. The van der Waals surface area contributed by atoms with Crippen LogP contribution in [0.5, 0.6) is 11.8 Å². The second kappa shape index (κ2) is 38.8. The second-order valence-electron chi connectivity index (χ2n) is 41.8. The molecule has 38 heteroatoms. The minimum atomic E-state index is -2.95. The molecule has 6 amide bonds. The van der Waals surface area contributed by atoms with Gasteiger partial charge >= 0.3 is 6.61 Å². The number of hydrogen-bond acceptors (Lipinski definition) is 27. The number of aliphatic hydroxyl groups is 1. The molecule has 9 fully saturated rings. The highest BCUT2D eigenvalue weighted by atomic mass is 19.3. The van der Waals surface area contributed by atoms with Crippen molar-refractivity contribution in [3.63, 3.8) is 0 Å². The van der Waals surface area contributed by atoms with E-state index in [0.717, 1.165) is 163 Å². The topological polar surface area (TPSA) is 377 Å². The maximum absolute atomic E-state index is 14.0. The number of fused-ring (bicyclic) bond motifs is 3. The van der Waals surface area contributed by atoms with E-state index in [1.54, 1.807) is 62.5 Å². The first-order chi connectivity index (χ1) is 71.3. The predicted octanol–water partition coefficient (Wildman–Crippen LogP) is 10.3. The molecule has 0 radical (unpaired) electrons. The Bertz CT molecular complexity index is 7200. The molecule has 11 aromatic rings. The third kappa shape index (κ3) is 18.6. The molecular formula is C109H115F2N27O9. The van der Waals surface area contributed by atoms with Crippen molar-refractivity contribution in [2.24, 2.45) is 57.8 Å². The van der Waals surface area contributed by atoms with Crippen LogP contribution in [0.1, 0.15) is 164 Å². The molecule has 12 aliphatic heterocycles. The Balaban J connectivity index is 0.000000121. The summed E-state index contributed by atoms with van der Waals surface area (Å²) < 4.78 is 40.4. The lowest BCUT2D eigenvalue weighted by Crippen LogP contribution is -2.66. The van der Waals surface area contributed by atoms with Crippen LogP contribution >= 0.6 is 0 Å². The van der Waals surface area contributed by atoms with Crippen LogP contribution < -0.4 is 24.2 Å². The number of likely N-dealkylation sites (tertiary alicyclic amines) is 3. The average Bonchev–Trinajstić information content (AvgIpc) is 1.61. The van der Waals surface area contributed by atoms with Crippen molar-refractivity contribution in [3.8, 4) is 34.5 Å². The molecule has 2 aromatic carbocycles. The number of aryl methyl sites for hydroxylation is 3. The van der Waals surface area contributed by atoms with Gasteiger partial charge in [0.2, 0.25) is 47.2 Å². The molecule has 3 atom stereocenters. The molecular weight excluding hydrogens is 1870 g/mol. The van der Waals surface area contributed by atoms with Gasteiger partial charge in [-0.25, -0.2) is 39.9 Å². The van der Waals surface area contributed by atoms with Crippen LogP contribution in [0.25, 0.3) is 33.9 Å². The molecule has 1 N–H and O–H groups in total. The number of halogens is 2. The SMILES string of the molecule is CC(C)Oc1ccc(C2=NCc3ccc(N4CC[C@]5(CCN(CC(=O)N6CC=C(C78CC(c9ncn(C)n9)(C7)C8)CC6)C5)C4=O)nc32)cn1.Cn1cnc(-c2ccc(C3=CCN(C(=O)CN4CC[C@]5(CCN(c6ccc7c(n6)C(c6ccc(CO)nc6)=NC7)C5=O)C4)CC3)cc2)n1.Cn1cnc(-c2ccc(C3=CCN(C(=O)CN4CC[C@]5(CCN(c6ccc7c(n6)C(c6ccc(OC(F)F)nc6)=NC7)C5=O)C4)CC3)cc2)n1. The van der Waals surface area contributed by atoms with Gasteiger partial charge in [0.25, 0.3) is 0 Å². The largest absolute Gasteiger partial charge is 0.475 e. The highest BCUT2D eigenvalue weighted by Gasteiger charge is 2.71. The van der Waals surface area contributed by atoms with Gasteiger partial charge in [-0.05, 0) is 181 Å². The van der Waals surface area contributed by atoms with Gasteiger partial charge in [-0.15, -0.1) is 0 Å². The standard InChI is InChI=1S/C37H43N9O3.C36H35F2N9O3.C36H37N9O3/c1-24(2)49-29-7-5-25(16-38-29)31-32-26(17-39-31)4-6-28(41-32)46-15-11-35(34(46)48)10-14-44(22-35)18-30(47)45-12-8-27(9-13-45)36-19-37(20-36,21-36)33-40-23-43(3)42-33;1-44-22-41-33(43-44)25-4-2-23(3-5-25)24-10-14-46(15-11-24)30(48)20-45-16-12-36(21-45)13-17-47(34(36)49)28-8-6-27-19-40-31(32(27)42-28)26-7-9-29(39-18-26)50-35(37)38;1-42-23-39-34(41-42)26-4-2-24(3-5-26)25-10-14-44(15-11-25)31(47)20-43-16-12-36(22-43)13-17-45(35(36)48)30-9-7-28-19-38-32(33(28)40-30)27-6-8-29(21-46)37-18-27/h4-8,16,23-24H,9-15,17-22H2,1-3H3;2-10,18,22,35H,11-17,19-21H2,1H3;2-10,18,23,46H,11-17,19-22H2,1H3/t35-,36?,37?;2*36-/m000/s1. The van der Waals surface area contributed by atoms with Gasteiger partial charge in [-0.3, -0.25) is 92.2 Å². The van der Waals surface area contributed by atoms with E-state index in [1.807, 2.05) is 138 Å². The lowest BCUT2D eigenvalue weighted by Gasteiger charge is -2.71. The van der Waals surface area contributed by atoms with Crippen molar-refractivity contribution in [1.29, 1.82) is 0 Å². The van der Waals surface area contributed by atoms with E-state index in [1.165, 1.54) is 29.0 Å². The molecule has 2 bridgehead atoms. The summed E-state index contributed by atoms with van der Waals surface area (Å²) in [6.45, 7) is 13.0. The zero-order chi connectivity index (χ0) is 101. The predicted molar refractivity (Wildman–Crippen MR) is 543 cm³/mol. The first kappa shape index (κ1) is 95.6. The van der Waals surface area contributed by atoms with Crippen LogP contribution in [0.3, 0.4) is 0 Å². The molecule has 3 spiro atoms. The van der Waals surface area contributed by atoms with Crippen LogP contribution in [-0.4, -0.2) is 292 Å². The minimum absolute atomic E-state index is 0.0296. The lowest BCUT2D eigenvalue weighted by molar-refractivity contribution is -0.134. The van der Waals surface area contributed by atoms with Crippen LogP contribution in [0.2, 0.25) is 0 Å². The van der Waals surface area contributed by atoms with E-state index in [9.17, 15) is 42.7 Å². The number of nitrogens with zero attached hydrogens (tertiary/aromatic N) is 27. The van der Waals surface area contributed by atoms with E-state index in [4.69, 9.17) is 29.7 Å². The zero-order valence-corrected chi connectivity index (χ0v) is 83.0. The number of pyridine rings is 6. The fourth-order valence-corrected chi connectivity index (χ4v) is 24.1. The Kier molecular flexibility index (Phi) is 25.3. The Morgan fingerprint density at radius 3 is 1.11 bits per heavy atom. The highest BCUT2D eigenvalue weighted by Crippen LogP contribution is 2.76. The van der Waals surface area contributed by atoms with Crippen LogP contribution in [0.15, 0.2) is 198 Å². The summed E-state index contributed by atoms with van der Waals surface area (Å²) in [5, 5.41) is 22.7. The molecule has 754 valence electrons. The summed E-state index contributed by atoms with van der Waals surface area (Å²) in [4.78, 5) is 154. The molecule has 15 aliphatic rings. The second-order valence-corrected chi connectivity index (χ2v) is 41.8. The minimum Gasteiger partial charge on any atom is -0.475 e. The Morgan fingerprint density at radius 1 is 0.395 bits per heavy atom. The van der Waals surface area contributed by atoms with Gasteiger partial charge in [-0.1, -0.05) is 90.5 Å². The van der Waals surface area contributed by atoms with E-state index >= 15 is 0 Å². The Labute approximate surface area is 848 Å². The molecule has 147 heavy (non-hydrogen) atoms. The summed E-state index contributed by atoms with van der Waals surface area (Å²) >= 11 is 0. The van der Waals surface area contributed by atoms with Gasteiger partial charge < -0.3 is 29.3 Å². The number of hydrogen-bond donors (Lipinski definition) is 1. The maximum Gasteiger partial charge on any atom is 0.388 e. The number of alkyl halides is 2. The summed E-state index contributed by atoms with van der Waals surface area (Å²) in [6, 6.07) is 38.7. The van der Waals surface area contributed by atoms with Crippen molar-refractivity contribution in [3.05, 3.63) is 256 Å². The normalized spacial score (nSPS) is 23.4. The first-order valence-corrected chi connectivity index (χ1v) is 50.9. The lowest BCUT2D eigenvalue weighted by atomic mass is 9.32. The van der Waals surface area contributed by atoms with Crippen LogP contribution in [-0.2, 0) is 81.6 Å². The van der Waals surface area contributed by atoms with Gasteiger partial charge in [0, 0.05) is 180 Å². The van der Waals surface area contributed by atoms with Gasteiger partial charge in [0.05, 0.1) is 108 Å². The number of benzene rings is 2. The van der Waals surface area contributed by atoms with E-state index < -0.39 is 22.9 Å². The fourth-order valence-electron chi connectivity index (χ4n) is 24.1. The van der Waals surface area contributed by atoms with E-state index in [0.29, 0.717) is 187 Å². The smallest absolute Gasteiger partial charge is 0.388 e. The molecule has 36 nitrogen and oxygen atoms in total. The monoisotopic (exact) mass is 1980 g/mol. The summed E-state index contributed by atoms with van der Waals surface area (Å²) in [5.41, 5.74) is 17.5. The fraction of sp³-hybridized carbons (Fsp3) is 0.422. The first-order valence-electron chi connectivity index (χ1n) is 50.9. The summed E-state index contributed by atoms with van der Waals surface area (Å²) in [5.74, 6) is 5.23. The van der Waals surface area contributed by atoms with Crippen LogP contribution in [0, 0.1) is 21.7 Å². The number of carbonyl (C=O) groups is 6. The Morgan fingerprint density at radius 2 is 0.769 bits per heavy atom. The third-order valence-corrected chi connectivity index (χ3v) is 32.1. The number of aliphatic imine (C=N–C) groups is 3.